The zero-order valence-electron chi connectivity index (χ0n) is 18.0. The molecule has 4 rings (SSSR count). The highest BCUT2D eigenvalue weighted by atomic mass is 32.2. The van der Waals surface area contributed by atoms with Crippen molar-refractivity contribution in [3.8, 4) is 0 Å². The molecule has 5 nitrogen and oxygen atoms in total. The number of para-hydroxylation sites is 1. The third-order valence-electron chi connectivity index (χ3n) is 5.45. The van der Waals surface area contributed by atoms with Gasteiger partial charge in [0.1, 0.15) is 0 Å². The summed E-state index contributed by atoms with van der Waals surface area (Å²) >= 11 is 0. The summed E-state index contributed by atoms with van der Waals surface area (Å²) in [5.74, 6) is -0.119. The van der Waals surface area contributed by atoms with Gasteiger partial charge < -0.3 is 5.32 Å². The Morgan fingerprint density at radius 2 is 1.59 bits per heavy atom. The highest BCUT2D eigenvalue weighted by molar-refractivity contribution is 7.90. The fourth-order valence-electron chi connectivity index (χ4n) is 3.75. The monoisotopic (exact) mass is 444 g/mol. The Hall–Kier alpha value is -3.64. The van der Waals surface area contributed by atoms with Gasteiger partial charge in [0.25, 0.3) is 10.0 Å². The summed E-state index contributed by atoms with van der Waals surface area (Å²) in [6.07, 6.45) is 1.64. The van der Waals surface area contributed by atoms with E-state index in [1.807, 2.05) is 49.4 Å². The molecule has 4 aromatic rings. The number of carbonyl (C=O) groups is 1. The number of nitrogens with zero attached hydrogens (tertiary/aromatic N) is 1. The molecule has 0 saturated carbocycles. The van der Waals surface area contributed by atoms with Crippen LogP contribution < -0.4 is 5.32 Å². The third-order valence-corrected chi connectivity index (χ3v) is 7.14. The van der Waals surface area contributed by atoms with E-state index in [4.69, 9.17) is 0 Å². The summed E-state index contributed by atoms with van der Waals surface area (Å²) in [6, 6.07) is 21.9. The molecule has 0 unspecified atom stereocenters. The zero-order valence-corrected chi connectivity index (χ0v) is 18.8. The fourth-order valence-corrected chi connectivity index (χ4v) is 5.12. The molecule has 1 aromatic heterocycles. The van der Waals surface area contributed by atoms with Gasteiger partial charge in [0.2, 0.25) is 5.91 Å². The van der Waals surface area contributed by atoms with E-state index in [0.29, 0.717) is 17.6 Å². The number of rotatable bonds is 6. The minimum atomic E-state index is -3.79. The SMILES string of the molecule is C=C(c1ccccc1CNC(C)=O)c1cn(S(=O)(=O)c2ccc(C)cc2)c2ccccc12. The molecule has 0 fully saturated rings. The number of amides is 1. The average Bonchev–Trinajstić information content (AvgIpc) is 3.18. The summed E-state index contributed by atoms with van der Waals surface area (Å²) in [5.41, 5.74) is 4.77. The Kier molecular flexibility index (Phi) is 5.72. The van der Waals surface area contributed by atoms with E-state index >= 15 is 0 Å². The van der Waals surface area contributed by atoms with Crippen LogP contribution in [0.2, 0.25) is 0 Å². The molecular weight excluding hydrogens is 420 g/mol. The van der Waals surface area contributed by atoms with E-state index < -0.39 is 10.0 Å². The number of aromatic nitrogens is 1. The van der Waals surface area contributed by atoms with Gasteiger partial charge in [-0.3, -0.25) is 4.79 Å². The van der Waals surface area contributed by atoms with E-state index in [1.165, 1.54) is 10.9 Å². The number of hydrogen-bond acceptors (Lipinski definition) is 3. The predicted octanol–water partition coefficient (Wildman–Crippen LogP) is 4.88. The lowest BCUT2D eigenvalue weighted by Gasteiger charge is -2.12. The lowest BCUT2D eigenvalue weighted by atomic mass is 9.95. The van der Waals surface area contributed by atoms with Crippen molar-refractivity contribution < 1.29 is 13.2 Å². The average molecular weight is 445 g/mol. The predicted molar refractivity (Wildman–Crippen MR) is 128 cm³/mol. The minimum absolute atomic E-state index is 0.119. The minimum Gasteiger partial charge on any atom is -0.352 e. The largest absolute Gasteiger partial charge is 0.352 e. The zero-order chi connectivity index (χ0) is 22.9. The van der Waals surface area contributed by atoms with Crippen molar-refractivity contribution in [3.05, 3.63) is 108 Å². The number of nitrogens with one attached hydrogen (secondary N) is 1. The summed E-state index contributed by atoms with van der Waals surface area (Å²) in [4.78, 5) is 11.6. The Balaban J connectivity index is 1.85. The molecule has 0 aliphatic heterocycles. The van der Waals surface area contributed by atoms with Crippen molar-refractivity contribution >= 4 is 32.4 Å². The number of fused-ring (bicyclic) bond motifs is 1. The van der Waals surface area contributed by atoms with Crippen molar-refractivity contribution in [3.63, 3.8) is 0 Å². The number of aryl methyl sites for hydroxylation is 1. The van der Waals surface area contributed by atoms with Crippen molar-refractivity contribution in [2.24, 2.45) is 0 Å². The molecular formula is C26H24N2O3S. The van der Waals surface area contributed by atoms with E-state index in [-0.39, 0.29) is 10.8 Å². The lowest BCUT2D eigenvalue weighted by molar-refractivity contribution is -0.119. The first kappa shape index (κ1) is 21.6. The highest BCUT2D eigenvalue weighted by Crippen LogP contribution is 2.34. The van der Waals surface area contributed by atoms with E-state index in [9.17, 15) is 13.2 Å². The van der Waals surface area contributed by atoms with Crippen LogP contribution in [0.4, 0.5) is 0 Å². The Bertz CT molecular complexity index is 1430. The molecule has 0 atom stereocenters. The molecule has 0 radical (unpaired) electrons. The van der Waals surface area contributed by atoms with Gasteiger partial charge in [-0.05, 0) is 41.8 Å². The molecule has 0 aliphatic carbocycles. The molecule has 0 bridgehead atoms. The second-order valence-electron chi connectivity index (χ2n) is 7.72. The molecule has 0 saturated heterocycles. The van der Waals surface area contributed by atoms with Crippen molar-refractivity contribution in [2.45, 2.75) is 25.3 Å². The Morgan fingerprint density at radius 1 is 0.938 bits per heavy atom. The van der Waals surface area contributed by atoms with Crippen LogP contribution in [0.15, 0.2) is 90.5 Å². The topological polar surface area (TPSA) is 68.2 Å². The Morgan fingerprint density at radius 3 is 2.31 bits per heavy atom. The summed E-state index contributed by atoms with van der Waals surface area (Å²) < 4.78 is 28.2. The van der Waals surface area contributed by atoms with Crippen LogP contribution in [-0.2, 0) is 21.4 Å². The van der Waals surface area contributed by atoms with E-state index in [1.54, 1.807) is 36.5 Å². The summed E-state index contributed by atoms with van der Waals surface area (Å²) in [6.45, 7) is 8.05. The van der Waals surface area contributed by atoms with Crippen LogP contribution in [0.25, 0.3) is 16.5 Å². The highest BCUT2D eigenvalue weighted by Gasteiger charge is 2.22. The number of carbonyl (C=O) groups excluding carboxylic acids is 1. The maximum atomic E-state index is 13.5. The van der Waals surface area contributed by atoms with Crippen LogP contribution in [0, 0.1) is 6.92 Å². The fraction of sp³-hybridized carbons (Fsp3) is 0.115. The quantitative estimate of drug-likeness (QED) is 0.461. The van der Waals surface area contributed by atoms with Gasteiger partial charge >= 0.3 is 0 Å². The first-order valence-electron chi connectivity index (χ1n) is 10.2. The van der Waals surface area contributed by atoms with Gasteiger partial charge in [-0.2, -0.15) is 0 Å². The van der Waals surface area contributed by atoms with E-state index in [2.05, 4.69) is 11.9 Å². The van der Waals surface area contributed by atoms with Gasteiger partial charge in [-0.25, -0.2) is 12.4 Å². The first-order valence-corrected chi connectivity index (χ1v) is 11.7. The Labute approximate surface area is 188 Å². The second-order valence-corrected chi connectivity index (χ2v) is 9.53. The van der Waals surface area contributed by atoms with Gasteiger partial charge in [-0.1, -0.05) is 66.7 Å². The molecule has 1 heterocycles. The second kappa shape index (κ2) is 8.48. The van der Waals surface area contributed by atoms with Crippen LogP contribution in [-0.4, -0.2) is 18.3 Å². The third kappa shape index (κ3) is 3.97. The van der Waals surface area contributed by atoms with Crippen molar-refractivity contribution in [1.82, 2.24) is 9.29 Å². The molecule has 0 spiro atoms. The van der Waals surface area contributed by atoms with Gasteiger partial charge in [0.05, 0.1) is 10.4 Å². The van der Waals surface area contributed by atoms with Crippen LogP contribution in [0.5, 0.6) is 0 Å². The van der Waals surface area contributed by atoms with Gasteiger partial charge in [0, 0.05) is 30.6 Å². The van der Waals surface area contributed by atoms with Crippen molar-refractivity contribution in [1.29, 1.82) is 0 Å². The standard InChI is InChI=1S/C26H24N2O3S/c1-18-12-14-22(15-13-18)32(30,31)28-17-25(24-10-6-7-11-26(24)28)19(2)23-9-5-4-8-21(23)16-27-20(3)29/h4-15,17H,2,16H2,1,3H3,(H,27,29). The van der Waals surface area contributed by atoms with Crippen molar-refractivity contribution in [2.75, 3.05) is 0 Å². The van der Waals surface area contributed by atoms with Crippen LogP contribution in [0.1, 0.15) is 29.2 Å². The summed E-state index contributed by atoms with van der Waals surface area (Å²) in [7, 11) is -3.79. The van der Waals surface area contributed by atoms with E-state index in [0.717, 1.165) is 27.6 Å². The molecule has 1 amide bonds. The van der Waals surface area contributed by atoms with Gasteiger partial charge in [0.15, 0.2) is 0 Å². The normalized spacial score (nSPS) is 11.4. The first-order chi connectivity index (χ1) is 15.3. The number of benzene rings is 3. The molecule has 0 aliphatic rings. The smallest absolute Gasteiger partial charge is 0.268 e. The molecule has 162 valence electrons. The van der Waals surface area contributed by atoms with Crippen LogP contribution >= 0.6 is 0 Å². The van der Waals surface area contributed by atoms with Gasteiger partial charge in [-0.15, -0.1) is 0 Å². The molecule has 6 heteroatoms. The maximum Gasteiger partial charge on any atom is 0.268 e. The molecule has 32 heavy (non-hydrogen) atoms. The number of hydrogen-bond donors (Lipinski definition) is 1. The summed E-state index contributed by atoms with van der Waals surface area (Å²) in [5, 5.41) is 3.61. The lowest BCUT2D eigenvalue weighted by Crippen LogP contribution is -2.19. The molecule has 3 aromatic carbocycles. The molecule has 1 N–H and O–H groups in total. The van der Waals surface area contributed by atoms with Crippen LogP contribution in [0.3, 0.4) is 0 Å². The maximum absolute atomic E-state index is 13.5.